The summed E-state index contributed by atoms with van der Waals surface area (Å²) in [6.45, 7) is 1.50. The van der Waals surface area contributed by atoms with Gasteiger partial charge in [-0.1, -0.05) is 6.07 Å². The van der Waals surface area contributed by atoms with Crippen LogP contribution < -0.4 is 5.32 Å². The van der Waals surface area contributed by atoms with Gasteiger partial charge >= 0.3 is 12.0 Å². The number of aliphatic carboxylic acids is 1. The first-order valence-corrected chi connectivity index (χ1v) is 6.11. The fraction of sp³-hybridized carbons (Fsp3) is 0.308. The predicted molar refractivity (Wildman–Crippen MR) is 66.2 cm³/mol. The van der Waals surface area contributed by atoms with Crippen molar-refractivity contribution in [3.05, 3.63) is 35.4 Å². The Labute approximate surface area is 118 Å². The van der Waals surface area contributed by atoms with E-state index in [2.05, 4.69) is 5.32 Å². The molecule has 1 aliphatic heterocycles. The predicted octanol–water partition coefficient (Wildman–Crippen LogP) is 1.42. The van der Waals surface area contributed by atoms with Crippen LogP contribution in [0.15, 0.2) is 18.2 Å². The Balaban J connectivity index is 2.06. The molecule has 2 rings (SSSR count). The molecule has 112 valence electrons. The number of carboxylic acid groups (broad SMARTS) is 1. The fourth-order valence-electron chi connectivity index (χ4n) is 1.99. The SMILES string of the molecule is CC(NC(=O)N1C(=O)CC1C(=O)O)c1ccc(F)c(F)c1. The molecule has 6 nitrogen and oxygen atoms in total. The third-order valence-electron chi connectivity index (χ3n) is 3.24. The smallest absolute Gasteiger partial charge is 0.327 e. The zero-order valence-corrected chi connectivity index (χ0v) is 11.0. The van der Waals surface area contributed by atoms with E-state index in [0.717, 1.165) is 12.1 Å². The number of β-lactam (4-membered cyclic amide) rings is 1. The van der Waals surface area contributed by atoms with Crippen molar-refractivity contribution in [3.63, 3.8) is 0 Å². The average Bonchev–Trinajstić information content (AvgIpc) is 2.38. The van der Waals surface area contributed by atoms with Crippen LogP contribution >= 0.6 is 0 Å². The number of imide groups is 1. The van der Waals surface area contributed by atoms with Crippen molar-refractivity contribution in [2.24, 2.45) is 0 Å². The van der Waals surface area contributed by atoms with Crippen LogP contribution in [-0.2, 0) is 9.59 Å². The lowest BCUT2D eigenvalue weighted by Crippen LogP contribution is -2.61. The summed E-state index contributed by atoms with van der Waals surface area (Å²) < 4.78 is 25.9. The highest BCUT2D eigenvalue weighted by atomic mass is 19.2. The number of carboxylic acids is 1. The van der Waals surface area contributed by atoms with Crippen LogP contribution in [0, 0.1) is 11.6 Å². The number of hydrogen-bond acceptors (Lipinski definition) is 3. The number of nitrogens with zero attached hydrogens (tertiary/aromatic N) is 1. The maximum absolute atomic E-state index is 13.1. The van der Waals surface area contributed by atoms with Gasteiger partial charge in [-0.3, -0.25) is 4.79 Å². The van der Waals surface area contributed by atoms with Gasteiger partial charge in [0.05, 0.1) is 12.5 Å². The van der Waals surface area contributed by atoms with Crippen LogP contribution in [0.2, 0.25) is 0 Å². The third-order valence-corrected chi connectivity index (χ3v) is 3.24. The van der Waals surface area contributed by atoms with Crippen molar-refractivity contribution in [2.75, 3.05) is 0 Å². The molecule has 8 heteroatoms. The zero-order valence-electron chi connectivity index (χ0n) is 11.0. The number of amides is 3. The molecule has 0 spiro atoms. The van der Waals surface area contributed by atoms with Gasteiger partial charge in [-0.05, 0) is 24.6 Å². The molecule has 0 saturated carbocycles. The molecule has 2 unspecified atom stereocenters. The van der Waals surface area contributed by atoms with Crippen molar-refractivity contribution in [1.82, 2.24) is 10.2 Å². The molecular formula is C13H12F2N2O4. The summed E-state index contributed by atoms with van der Waals surface area (Å²) in [4.78, 5) is 34.6. The van der Waals surface area contributed by atoms with Crippen molar-refractivity contribution >= 4 is 17.9 Å². The summed E-state index contributed by atoms with van der Waals surface area (Å²) in [6.07, 6.45) is -0.234. The van der Waals surface area contributed by atoms with Gasteiger partial charge < -0.3 is 10.4 Å². The van der Waals surface area contributed by atoms with Crippen LogP contribution in [0.3, 0.4) is 0 Å². The number of carbonyl (C=O) groups excluding carboxylic acids is 2. The van der Waals surface area contributed by atoms with E-state index in [4.69, 9.17) is 5.11 Å². The second kappa shape index (κ2) is 5.47. The number of urea groups is 1. The first-order chi connectivity index (χ1) is 9.81. The summed E-state index contributed by atoms with van der Waals surface area (Å²) >= 11 is 0. The quantitative estimate of drug-likeness (QED) is 0.826. The summed E-state index contributed by atoms with van der Waals surface area (Å²) in [5.74, 6) is -3.94. The Morgan fingerprint density at radius 3 is 2.57 bits per heavy atom. The van der Waals surface area contributed by atoms with E-state index in [0.29, 0.717) is 10.5 Å². The summed E-state index contributed by atoms with van der Waals surface area (Å²) in [6, 6.07) is 0.353. The second-order valence-electron chi connectivity index (χ2n) is 4.67. The van der Waals surface area contributed by atoms with Crippen molar-refractivity contribution in [2.45, 2.75) is 25.4 Å². The molecule has 0 bridgehead atoms. The van der Waals surface area contributed by atoms with E-state index >= 15 is 0 Å². The van der Waals surface area contributed by atoms with E-state index in [1.807, 2.05) is 0 Å². The number of rotatable bonds is 3. The van der Waals surface area contributed by atoms with Crippen LogP contribution in [0.4, 0.5) is 13.6 Å². The van der Waals surface area contributed by atoms with E-state index in [9.17, 15) is 23.2 Å². The van der Waals surface area contributed by atoms with E-state index in [1.54, 1.807) is 0 Å². The Morgan fingerprint density at radius 1 is 1.38 bits per heavy atom. The summed E-state index contributed by atoms with van der Waals surface area (Å²) in [7, 11) is 0. The molecule has 1 fully saturated rings. The molecule has 2 N–H and O–H groups in total. The molecule has 2 atom stereocenters. The van der Waals surface area contributed by atoms with Crippen molar-refractivity contribution < 1.29 is 28.3 Å². The van der Waals surface area contributed by atoms with E-state index in [1.165, 1.54) is 13.0 Å². The number of carbonyl (C=O) groups is 3. The maximum atomic E-state index is 13.1. The van der Waals surface area contributed by atoms with Gasteiger partial charge in [0.15, 0.2) is 11.6 Å². The van der Waals surface area contributed by atoms with Gasteiger partial charge in [-0.2, -0.15) is 0 Å². The lowest BCUT2D eigenvalue weighted by Gasteiger charge is -2.36. The Bertz CT molecular complexity index is 620. The normalized spacial score (nSPS) is 18.9. The van der Waals surface area contributed by atoms with Crippen LogP contribution in [0.25, 0.3) is 0 Å². The minimum Gasteiger partial charge on any atom is -0.480 e. The molecule has 21 heavy (non-hydrogen) atoms. The molecular weight excluding hydrogens is 286 g/mol. The second-order valence-corrected chi connectivity index (χ2v) is 4.67. The average molecular weight is 298 g/mol. The van der Waals surface area contributed by atoms with Crippen LogP contribution in [0.1, 0.15) is 24.9 Å². The molecule has 0 radical (unpaired) electrons. The van der Waals surface area contributed by atoms with Gasteiger partial charge in [0.25, 0.3) is 0 Å². The van der Waals surface area contributed by atoms with Gasteiger partial charge in [-0.15, -0.1) is 0 Å². The van der Waals surface area contributed by atoms with E-state index in [-0.39, 0.29) is 6.42 Å². The number of halogens is 2. The molecule has 1 aromatic rings. The van der Waals surface area contributed by atoms with Crippen LogP contribution in [-0.4, -0.2) is 34.0 Å². The zero-order chi connectivity index (χ0) is 15.7. The molecule has 1 aromatic carbocycles. The molecule has 0 aliphatic carbocycles. The number of nitrogens with one attached hydrogen (secondary N) is 1. The van der Waals surface area contributed by atoms with Gasteiger partial charge in [-0.25, -0.2) is 23.3 Å². The Morgan fingerprint density at radius 2 is 2.05 bits per heavy atom. The standard InChI is InChI=1S/C13H12F2N2O4/c1-6(7-2-3-8(14)9(15)4-7)16-13(21)17-10(12(19)20)5-11(17)18/h2-4,6,10H,5H2,1H3,(H,16,21)(H,19,20). The van der Waals surface area contributed by atoms with Gasteiger partial charge in [0.2, 0.25) is 5.91 Å². The van der Waals surface area contributed by atoms with Gasteiger partial charge in [0.1, 0.15) is 6.04 Å². The minimum absolute atomic E-state index is 0.234. The monoisotopic (exact) mass is 298 g/mol. The van der Waals surface area contributed by atoms with E-state index < -0.39 is 41.6 Å². The maximum Gasteiger partial charge on any atom is 0.327 e. The molecule has 1 heterocycles. The fourth-order valence-corrected chi connectivity index (χ4v) is 1.99. The first-order valence-electron chi connectivity index (χ1n) is 6.11. The number of benzene rings is 1. The minimum atomic E-state index is -1.27. The van der Waals surface area contributed by atoms with Crippen molar-refractivity contribution in [1.29, 1.82) is 0 Å². The lowest BCUT2D eigenvalue weighted by atomic mass is 10.0. The van der Waals surface area contributed by atoms with Crippen LogP contribution in [0.5, 0.6) is 0 Å². The summed E-state index contributed by atoms with van der Waals surface area (Å²) in [5, 5.41) is 11.2. The highest BCUT2D eigenvalue weighted by Crippen LogP contribution is 2.21. The Hall–Kier alpha value is -2.51. The molecule has 0 aromatic heterocycles. The topological polar surface area (TPSA) is 86.7 Å². The number of likely N-dealkylation sites (tertiary alicyclic amines) is 1. The largest absolute Gasteiger partial charge is 0.480 e. The summed E-state index contributed by atoms with van der Waals surface area (Å²) in [5.41, 5.74) is 0.294. The highest BCUT2D eigenvalue weighted by molar-refractivity contribution is 6.05. The molecule has 1 saturated heterocycles. The first kappa shape index (κ1) is 14.9. The molecule has 1 aliphatic rings. The molecule has 3 amide bonds. The van der Waals surface area contributed by atoms with Crippen molar-refractivity contribution in [3.8, 4) is 0 Å². The number of hydrogen-bond donors (Lipinski definition) is 2. The van der Waals surface area contributed by atoms with Gasteiger partial charge in [0, 0.05) is 0 Å². The Kier molecular flexibility index (Phi) is 3.88. The highest BCUT2D eigenvalue weighted by Gasteiger charge is 2.45. The lowest BCUT2D eigenvalue weighted by molar-refractivity contribution is -0.157. The third kappa shape index (κ3) is 2.83.